The lowest BCUT2D eigenvalue weighted by atomic mass is 10.1. The number of pyridine rings is 1. The van der Waals surface area contributed by atoms with Crippen LogP contribution >= 0.6 is 0 Å². The zero-order valence-electron chi connectivity index (χ0n) is 12.0. The zero-order chi connectivity index (χ0) is 15.5. The van der Waals surface area contributed by atoms with Gasteiger partial charge in [-0.2, -0.15) is 13.2 Å². The van der Waals surface area contributed by atoms with Crippen molar-refractivity contribution >= 4 is 16.6 Å². The Morgan fingerprint density at radius 2 is 1.95 bits per heavy atom. The van der Waals surface area contributed by atoms with Crippen LogP contribution in [0.15, 0.2) is 30.3 Å². The number of nitrogens with one attached hydrogen (secondary N) is 1. The average Bonchev–Trinajstić information content (AvgIpc) is 2.43. The Labute approximate surface area is 121 Å². The van der Waals surface area contributed by atoms with Crippen LogP contribution < -0.4 is 10.2 Å². The molecule has 1 aromatic heterocycles. The fourth-order valence-electron chi connectivity index (χ4n) is 2.30. The van der Waals surface area contributed by atoms with E-state index in [1.54, 1.807) is 20.0 Å². The Hall–Kier alpha value is -1.82. The minimum absolute atomic E-state index is 0.250. The van der Waals surface area contributed by atoms with Gasteiger partial charge in [0.15, 0.2) is 0 Å². The molecular weight excluding hydrogens is 279 g/mol. The van der Waals surface area contributed by atoms with Gasteiger partial charge < -0.3 is 10.2 Å². The number of halogens is 3. The summed E-state index contributed by atoms with van der Waals surface area (Å²) >= 11 is 0. The summed E-state index contributed by atoms with van der Waals surface area (Å²) in [5, 5.41) is 4.61. The Morgan fingerprint density at radius 1 is 1.24 bits per heavy atom. The van der Waals surface area contributed by atoms with Crippen molar-refractivity contribution in [2.45, 2.75) is 19.6 Å². The molecule has 0 fully saturated rings. The van der Waals surface area contributed by atoms with Crippen LogP contribution in [0.25, 0.3) is 10.8 Å². The fraction of sp³-hybridized carbons (Fsp3) is 0.400. The van der Waals surface area contributed by atoms with Crippen molar-refractivity contribution in [3.05, 3.63) is 36.0 Å². The molecule has 6 heteroatoms. The highest BCUT2D eigenvalue weighted by Gasteiger charge is 2.31. The van der Waals surface area contributed by atoms with E-state index in [4.69, 9.17) is 0 Å². The zero-order valence-corrected chi connectivity index (χ0v) is 12.0. The number of anilines is 1. The van der Waals surface area contributed by atoms with Gasteiger partial charge in [-0.1, -0.05) is 24.3 Å². The van der Waals surface area contributed by atoms with Gasteiger partial charge >= 0.3 is 6.18 Å². The van der Waals surface area contributed by atoms with Crippen molar-refractivity contribution in [2.24, 2.45) is 0 Å². The highest BCUT2D eigenvalue weighted by molar-refractivity contribution is 5.92. The Balaban J connectivity index is 2.53. The number of hydrogen-bond donors (Lipinski definition) is 1. The molecule has 0 atom stereocenters. The molecule has 0 radical (unpaired) electrons. The van der Waals surface area contributed by atoms with Crippen LogP contribution in [0.3, 0.4) is 0 Å². The number of hydrogen-bond acceptors (Lipinski definition) is 3. The van der Waals surface area contributed by atoms with Crippen LogP contribution in [0.1, 0.15) is 12.6 Å². The molecule has 0 bridgehead atoms. The van der Waals surface area contributed by atoms with Gasteiger partial charge in [-0.15, -0.1) is 0 Å². The van der Waals surface area contributed by atoms with Gasteiger partial charge in [0.05, 0.1) is 5.69 Å². The predicted molar refractivity (Wildman–Crippen MR) is 78.4 cm³/mol. The lowest BCUT2D eigenvalue weighted by Gasteiger charge is -2.25. The lowest BCUT2D eigenvalue weighted by Crippen LogP contribution is -2.35. The maximum absolute atomic E-state index is 12.7. The fourth-order valence-corrected chi connectivity index (χ4v) is 2.30. The van der Waals surface area contributed by atoms with Crippen LogP contribution in [-0.2, 0) is 6.54 Å². The monoisotopic (exact) mass is 297 g/mol. The van der Waals surface area contributed by atoms with Gasteiger partial charge in [-0.3, -0.25) is 0 Å². The summed E-state index contributed by atoms with van der Waals surface area (Å²) in [6.07, 6.45) is -4.25. The smallest absolute Gasteiger partial charge is 0.347 e. The van der Waals surface area contributed by atoms with Gasteiger partial charge in [0, 0.05) is 18.5 Å². The van der Waals surface area contributed by atoms with Gasteiger partial charge in [-0.25, -0.2) is 4.98 Å². The van der Waals surface area contributed by atoms with Crippen molar-refractivity contribution in [3.8, 4) is 0 Å². The summed E-state index contributed by atoms with van der Waals surface area (Å²) in [6, 6.07) is 9.28. The molecular formula is C15H18F3N3. The van der Waals surface area contributed by atoms with Crippen LogP contribution in [0.5, 0.6) is 0 Å². The Morgan fingerprint density at radius 3 is 2.57 bits per heavy atom. The van der Waals surface area contributed by atoms with E-state index in [1.165, 1.54) is 4.90 Å². The van der Waals surface area contributed by atoms with Crippen molar-refractivity contribution in [1.82, 2.24) is 10.3 Å². The first-order valence-electron chi connectivity index (χ1n) is 6.79. The molecule has 0 aliphatic carbocycles. The van der Waals surface area contributed by atoms with Crippen molar-refractivity contribution < 1.29 is 13.2 Å². The van der Waals surface area contributed by atoms with Gasteiger partial charge in [-0.05, 0) is 25.4 Å². The number of benzene rings is 1. The molecule has 2 rings (SSSR count). The first-order chi connectivity index (χ1) is 9.94. The topological polar surface area (TPSA) is 28.2 Å². The lowest BCUT2D eigenvalue weighted by molar-refractivity contribution is -0.119. The molecule has 0 amide bonds. The summed E-state index contributed by atoms with van der Waals surface area (Å²) in [5.41, 5.74) is 0.729. The maximum Gasteiger partial charge on any atom is 0.405 e. The van der Waals surface area contributed by atoms with E-state index in [0.717, 1.165) is 16.5 Å². The van der Waals surface area contributed by atoms with Gasteiger partial charge in [0.1, 0.15) is 12.4 Å². The molecule has 0 aliphatic heterocycles. The normalized spacial score (nSPS) is 11.9. The predicted octanol–water partition coefficient (Wildman–Crippen LogP) is 3.34. The summed E-state index contributed by atoms with van der Waals surface area (Å²) in [7, 11) is 1.78. The number of fused-ring (bicyclic) bond motifs is 1. The summed E-state index contributed by atoms with van der Waals surface area (Å²) in [4.78, 5) is 5.67. The minimum atomic E-state index is -4.25. The summed E-state index contributed by atoms with van der Waals surface area (Å²) in [6.45, 7) is 1.47. The second kappa shape index (κ2) is 6.30. The molecule has 1 N–H and O–H groups in total. The average molecular weight is 297 g/mol. The standard InChI is InChI=1S/C15H18F3N3/c1-3-21(10-15(16,17)18)14-13-7-5-4-6-11(13)8-12(20-14)9-19-2/h4-8,19H,3,9-10H2,1-2H3. The van der Waals surface area contributed by atoms with E-state index in [0.29, 0.717) is 12.4 Å². The molecule has 1 heterocycles. The summed E-state index contributed by atoms with van der Waals surface area (Å²) < 4.78 is 38.2. The highest BCUT2D eigenvalue weighted by Crippen LogP contribution is 2.28. The van der Waals surface area contributed by atoms with Crippen molar-refractivity contribution in [3.63, 3.8) is 0 Å². The largest absolute Gasteiger partial charge is 0.405 e. The van der Waals surface area contributed by atoms with Gasteiger partial charge in [0.2, 0.25) is 0 Å². The molecule has 0 saturated heterocycles. The quantitative estimate of drug-likeness (QED) is 0.917. The van der Waals surface area contributed by atoms with Gasteiger partial charge in [0.25, 0.3) is 0 Å². The molecule has 0 unspecified atom stereocenters. The first-order valence-corrected chi connectivity index (χ1v) is 6.79. The third kappa shape index (κ3) is 3.85. The van der Waals surface area contributed by atoms with Crippen molar-refractivity contribution in [2.75, 3.05) is 25.0 Å². The molecule has 0 aliphatic rings. The maximum atomic E-state index is 12.7. The van der Waals surface area contributed by atoms with E-state index in [2.05, 4.69) is 10.3 Å². The number of alkyl halides is 3. The Kier molecular flexibility index (Phi) is 4.67. The van der Waals surface area contributed by atoms with Crippen LogP contribution in [-0.4, -0.2) is 31.3 Å². The van der Waals surface area contributed by atoms with Crippen LogP contribution in [0.4, 0.5) is 19.0 Å². The van der Waals surface area contributed by atoms with E-state index in [9.17, 15) is 13.2 Å². The Bertz CT molecular complexity index is 611. The highest BCUT2D eigenvalue weighted by atomic mass is 19.4. The molecule has 0 saturated carbocycles. The second-order valence-corrected chi connectivity index (χ2v) is 4.82. The van der Waals surface area contributed by atoms with E-state index in [-0.39, 0.29) is 6.54 Å². The van der Waals surface area contributed by atoms with E-state index >= 15 is 0 Å². The SMILES string of the molecule is CCN(CC(F)(F)F)c1nc(CNC)cc2ccccc12. The molecule has 0 spiro atoms. The molecule has 114 valence electrons. The van der Waals surface area contributed by atoms with Crippen LogP contribution in [0, 0.1) is 0 Å². The van der Waals surface area contributed by atoms with E-state index < -0.39 is 12.7 Å². The van der Waals surface area contributed by atoms with Crippen molar-refractivity contribution in [1.29, 1.82) is 0 Å². The second-order valence-electron chi connectivity index (χ2n) is 4.82. The number of rotatable bonds is 5. The molecule has 3 nitrogen and oxygen atoms in total. The summed E-state index contributed by atoms with van der Waals surface area (Å²) in [5.74, 6) is 0.387. The van der Waals surface area contributed by atoms with Crippen LogP contribution in [0.2, 0.25) is 0 Å². The third-order valence-electron chi connectivity index (χ3n) is 3.18. The molecule has 2 aromatic rings. The minimum Gasteiger partial charge on any atom is -0.347 e. The number of aromatic nitrogens is 1. The van der Waals surface area contributed by atoms with E-state index in [1.807, 2.05) is 24.3 Å². The first kappa shape index (κ1) is 15.6. The molecule has 21 heavy (non-hydrogen) atoms. The number of nitrogens with zero attached hydrogens (tertiary/aromatic N) is 2. The third-order valence-corrected chi connectivity index (χ3v) is 3.18. The molecule has 1 aromatic carbocycles.